The van der Waals surface area contributed by atoms with E-state index in [0.29, 0.717) is 0 Å². The van der Waals surface area contributed by atoms with Crippen molar-refractivity contribution in [3.63, 3.8) is 0 Å². The van der Waals surface area contributed by atoms with E-state index in [9.17, 15) is 27.6 Å². The van der Waals surface area contributed by atoms with Gasteiger partial charge < -0.3 is 19.9 Å². The van der Waals surface area contributed by atoms with Gasteiger partial charge in [-0.25, -0.2) is 27.2 Å². The number of carbonyl (C=O) groups excluding carboxylic acids is 3. The maximum atomic E-state index is 15.1. The number of aromatic nitrogens is 4. The summed E-state index contributed by atoms with van der Waals surface area (Å²) in [6.07, 6.45) is -5.70. The van der Waals surface area contributed by atoms with Gasteiger partial charge in [0.25, 0.3) is 5.91 Å². The predicted molar refractivity (Wildman–Crippen MR) is 110 cm³/mol. The van der Waals surface area contributed by atoms with Crippen molar-refractivity contribution in [3.8, 4) is 0 Å². The fourth-order valence-electron chi connectivity index (χ4n) is 3.27. The SMILES string of the molecule is CCC(=O)O[C@H]1O[C@@H](n2c(=O)n(CC(=O)NS(C)(=O)=O)c3cnc(N)nc32)[C@H](OC(C)=O)[C@H]1F. The zero-order chi connectivity index (χ0) is 25.4. The van der Waals surface area contributed by atoms with Crippen LogP contribution >= 0.6 is 0 Å². The number of amides is 1. The lowest BCUT2D eigenvalue weighted by Crippen LogP contribution is -2.39. The Bertz CT molecular complexity index is 1310. The van der Waals surface area contributed by atoms with Gasteiger partial charge in [0.05, 0.1) is 12.5 Å². The average molecular weight is 504 g/mol. The summed E-state index contributed by atoms with van der Waals surface area (Å²) in [6.45, 7) is 1.67. The van der Waals surface area contributed by atoms with Gasteiger partial charge in [-0.1, -0.05) is 6.92 Å². The van der Waals surface area contributed by atoms with E-state index >= 15 is 4.39 Å². The topological polar surface area (TPSA) is 204 Å². The molecule has 1 aliphatic heterocycles. The molecule has 0 bridgehead atoms. The smallest absolute Gasteiger partial charge is 0.333 e. The van der Waals surface area contributed by atoms with Gasteiger partial charge in [0.15, 0.2) is 18.0 Å². The van der Waals surface area contributed by atoms with Crippen LogP contribution in [-0.2, 0) is 45.2 Å². The summed E-state index contributed by atoms with van der Waals surface area (Å²) in [5, 5.41) is 0. The van der Waals surface area contributed by atoms with Gasteiger partial charge in [0, 0.05) is 13.3 Å². The molecule has 2 aromatic heterocycles. The van der Waals surface area contributed by atoms with Crippen LogP contribution in [0, 0.1) is 0 Å². The monoisotopic (exact) mass is 504 g/mol. The van der Waals surface area contributed by atoms with Crippen molar-refractivity contribution in [2.45, 2.75) is 51.6 Å². The Hall–Kier alpha value is -3.60. The molecule has 17 heteroatoms. The molecule has 15 nitrogen and oxygen atoms in total. The molecule has 3 rings (SSSR count). The van der Waals surface area contributed by atoms with Crippen LogP contribution in [0.5, 0.6) is 0 Å². The number of hydrogen-bond acceptors (Lipinski definition) is 12. The second-order valence-corrected chi connectivity index (χ2v) is 8.98. The van der Waals surface area contributed by atoms with Gasteiger partial charge in [-0.05, 0) is 0 Å². The summed E-state index contributed by atoms with van der Waals surface area (Å²) >= 11 is 0. The third kappa shape index (κ3) is 5.14. The van der Waals surface area contributed by atoms with Crippen LogP contribution in [0.3, 0.4) is 0 Å². The van der Waals surface area contributed by atoms with Crippen molar-refractivity contribution in [1.29, 1.82) is 0 Å². The molecule has 34 heavy (non-hydrogen) atoms. The quantitative estimate of drug-likeness (QED) is 0.406. The third-order valence-corrected chi connectivity index (χ3v) is 5.15. The summed E-state index contributed by atoms with van der Waals surface area (Å²) in [7, 11) is -3.93. The van der Waals surface area contributed by atoms with E-state index in [0.717, 1.165) is 28.5 Å². The second-order valence-electron chi connectivity index (χ2n) is 7.23. The van der Waals surface area contributed by atoms with Crippen molar-refractivity contribution in [3.05, 3.63) is 16.7 Å². The summed E-state index contributed by atoms with van der Waals surface area (Å²) in [5.74, 6) is -3.09. The highest BCUT2D eigenvalue weighted by atomic mass is 32.2. The number of halogens is 1. The van der Waals surface area contributed by atoms with Crippen molar-refractivity contribution < 1.29 is 41.4 Å². The Morgan fingerprint density at radius 2 is 2.00 bits per heavy atom. The fourth-order valence-corrected chi connectivity index (χ4v) is 3.74. The molecule has 1 fully saturated rings. The molecule has 1 saturated heterocycles. The molecule has 0 saturated carbocycles. The summed E-state index contributed by atoms with van der Waals surface area (Å²) in [6, 6.07) is 0. The van der Waals surface area contributed by atoms with Crippen LogP contribution in [0.4, 0.5) is 10.3 Å². The number of fused-ring (bicyclic) bond motifs is 1. The standard InChI is InChI=1S/C17H21FN6O9S/c1-4-10(27)32-15-11(18)12(31-7(2)25)14(33-15)24-13-8(5-20-16(19)21-13)23(17(24)28)6-9(26)22-34(3,29)30/h5,11-12,14-15H,4,6H2,1-3H3,(H,22,26)(H2,19,20,21)/t11-,12-,14-,15+/m1/s1. The van der Waals surface area contributed by atoms with Crippen LogP contribution in [0.1, 0.15) is 26.5 Å². The van der Waals surface area contributed by atoms with Crippen molar-refractivity contribution in [2.24, 2.45) is 0 Å². The molecular weight excluding hydrogens is 483 g/mol. The number of ether oxygens (including phenoxy) is 3. The first-order valence-corrected chi connectivity index (χ1v) is 11.6. The fraction of sp³-hybridized carbons (Fsp3) is 0.529. The number of anilines is 1. The number of nitrogen functional groups attached to an aromatic ring is 1. The molecule has 0 radical (unpaired) electrons. The first-order valence-electron chi connectivity index (χ1n) is 9.72. The van der Waals surface area contributed by atoms with Gasteiger partial charge in [-0.15, -0.1) is 0 Å². The Balaban J connectivity index is 2.13. The third-order valence-electron chi connectivity index (χ3n) is 4.55. The lowest BCUT2D eigenvalue weighted by atomic mass is 10.2. The number of nitrogens with one attached hydrogen (secondary N) is 1. The van der Waals surface area contributed by atoms with Gasteiger partial charge in [-0.2, -0.15) is 4.98 Å². The highest BCUT2D eigenvalue weighted by Crippen LogP contribution is 2.35. The van der Waals surface area contributed by atoms with Gasteiger partial charge in [0.2, 0.25) is 28.4 Å². The molecule has 0 aromatic carbocycles. The Labute approximate surface area is 191 Å². The highest BCUT2D eigenvalue weighted by molar-refractivity contribution is 7.89. The van der Waals surface area contributed by atoms with Gasteiger partial charge >= 0.3 is 17.6 Å². The van der Waals surface area contributed by atoms with Crippen LogP contribution in [0.25, 0.3) is 11.2 Å². The number of nitrogens with zero attached hydrogens (tertiary/aromatic N) is 4. The minimum absolute atomic E-state index is 0.0857. The van der Waals surface area contributed by atoms with E-state index in [1.165, 1.54) is 6.92 Å². The van der Waals surface area contributed by atoms with Gasteiger partial charge in [-0.3, -0.25) is 23.7 Å². The number of esters is 2. The molecule has 3 heterocycles. The van der Waals surface area contributed by atoms with Crippen molar-refractivity contribution >= 4 is 45.0 Å². The molecule has 2 aromatic rings. The van der Waals surface area contributed by atoms with Crippen LogP contribution < -0.4 is 16.1 Å². The highest BCUT2D eigenvalue weighted by Gasteiger charge is 2.52. The van der Waals surface area contributed by atoms with Crippen molar-refractivity contribution in [2.75, 3.05) is 12.0 Å². The Kier molecular flexibility index (Phi) is 6.87. The number of hydrogen-bond donors (Lipinski definition) is 2. The van der Waals surface area contributed by atoms with E-state index in [1.807, 2.05) is 0 Å². The van der Waals surface area contributed by atoms with E-state index in [4.69, 9.17) is 19.9 Å². The number of rotatable bonds is 7. The molecule has 3 N–H and O–H groups in total. The maximum Gasteiger partial charge on any atom is 0.333 e. The lowest BCUT2D eigenvalue weighted by molar-refractivity contribution is -0.188. The summed E-state index contributed by atoms with van der Waals surface area (Å²) < 4.78 is 56.4. The first kappa shape index (κ1) is 25.0. The molecular formula is C17H21FN6O9S. The van der Waals surface area contributed by atoms with E-state index in [2.05, 4.69) is 9.97 Å². The predicted octanol–water partition coefficient (Wildman–Crippen LogP) is -1.67. The summed E-state index contributed by atoms with van der Waals surface area (Å²) in [5.41, 5.74) is 4.28. The van der Waals surface area contributed by atoms with Crippen LogP contribution in [0.2, 0.25) is 0 Å². The number of sulfonamides is 1. The molecule has 186 valence electrons. The van der Waals surface area contributed by atoms with E-state index in [-0.39, 0.29) is 23.5 Å². The van der Waals surface area contributed by atoms with Crippen molar-refractivity contribution in [1.82, 2.24) is 23.8 Å². The zero-order valence-corrected chi connectivity index (χ0v) is 18.9. The van der Waals surface area contributed by atoms with Gasteiger partial charge in [0.1, 0.15) is 12.1 Å². The number of alkyl halides is 1. The largest absolute Gasteiger partial charge is 0.454 e. The van der Waals surface area contributed by atoms with E-state index < -0.39 is 64.9 Å². The number of carbonyl (C=O) groups is 3. The molecule has 0 spiro atoms. The Morgan fingerprint density at radius 3 is 2.59 bits per heavy atom. The molecule has 0 unspecified atom stereocenters. The Morgan fingerprint density at radius 1 is 1.32 bits per heavy atom. The summed E-state index contributed by atoms with van der Waals surface area (Å²) in [4.78, 5) is 56.3. The molecule has 1 aliphatic rings. The molecule has 4 atom stereocenters. The van der Waals surface area contributed by atoms with Crippen LogP contribution in [0.15, 0.2) is 11.0 Å². The maximum absolute atomic E-state index is 15.1. The molecule has 0 aliphatic carbocycles. The minimum atomic E-state index is -3.93. The first-order chi connectivity index (χ1) is 15.8. The zero-order valence-electron chi connectivity index (χ0n) is 18.1. The van der Waals surface area contributed by atoms with Crippen LogP contribution in [-0.4, -0.2) is 70.2 Å². The lowest BCUT2D eigenvalue weighted by Gasteiger charge is -2.19. The normalized spacial score (nSPS) is 22.5. The number of nitrogens with two attached hydrogens (primary N) is 1. The second kappa shape index (κ2) is 9.34. The minimum Gasteiger partial charge on any atom is -0.454 e. The van der Waals surface area contributed by atoms with E-state index in [1.54, 1.807) is 4.72 Å². The number of imidazole rings is 1. The molecule has 1 amide bonds. The average Bonchev–Trinajstić information content (AvgIpc) is 3.14.